The van der Waals surface area contributed by atoms with Crippen molar-refractivity contribution in [2.24, 2.45) is 22.9 Å². The Hall–Kier alpha value is -3.55. The predicted octanol–water partition coefficient (Wildman–Crippen LogP) is -2.85. The second-order valence-corrected chi connectivity index (χ2v) is 8.29. The van der Waals surface area contributed by atoms with Gasteiger partial charge in [-0.15, -0.1) is 0 Å². The molecule has 0 saturated carbocycles. The summed E-state index contributed by atoms with van der Waals surface area (Å²) in [6.45, 7) is 0.321. The molecule has 0 unspecified atom stereocenters. The molecule has 0 aliphatic heterocycles. The van der Waals surface area contributed by atoms with Crippen LogP contribution < -0.4 is 38.9 Å². The number of nitrogens with two attached hydrogens (primary N) is 4. The van der Waals surface area contributed by atoms with E-state index in [0.29, 0.717) is 19.4 Å². The zero-order valence-electron chi connectivity index (χ0n) is 20.4. The van der Waals surface area contributed by atoms with Crippen LogP contribution in [-0.2, 0) is 35.1 Å². The number of benzene rings is 1. The molecule has 13 nitrogen and oxygen atoms in total. The number of carbonyl (C=O) groups is 5. The van der Waals surface area contributed by atoms with E-state index in [0.717, 1.165) is 5.56 Å². The van der Waals surface area contributed by atoms with Crippen molar-refractivity contribution in [1.29, 1.82) is 0 Å². The van der Waals surface area contributed by atoms with Crippen LogP contribution in [0, 0.1) is 0 Å². The Balaban J connectivity index is 3.09. The first-order chi connectivity index (χ1) is 17.1. The van der Waals surface area contributed by atoms with Crippen molar-refractivity contribution in [1.82, 2.24) is 16.0 Å². The summed E-state index contributed by atoms with van der Waals surface area (Å²) in [6, 6.07) is 4.45. The highest BCUT2D eigenvalue weighted by Gasteiger charge is 2.30. The molecule has 0 heterocycles. The highest BCUT2D eigenvalue weighted by molar-refractivity contribution is 5.95. The lowest BCUT2D eigenvalue weighted by Crippen LogP contribution is -2.58. The van der Waals surface area contributed by atoms with Gasteiger partial charge < -0.3 is 43.6 Å². The second-order valence-electron chi connectivity index (χ2n) is 8.29. The predicted molar refractivity (Wildman–Crippen MR) is 132 cm³/mol. The third-order valence-corrected chi connectivity index (χ3v) is 5.24. The van der Waals surface area contributed by atoms with Crippen molar-refractivity contribution in [3.63, 3.8) is 0 Å². The van der Waals surface area contributed by atoms with Crippen LogP contribution in [0.4, 0.5) is 0 Å². The van der Waals surface area contributed by atoms with E-state index in [1.807, 2.05) is 6.07 Å². The highest BCUT2D eigenvalue weighted by atomic mass is 16.5. The van der Waals surface area contributed by atoms with Crippen molar-refractivity contribution < 1.29 is 28.7 Å². The Labute approximate surface area is 210 Å². The summed E-state index contributed by atoms with van der Waals surface area (Å²) in [7, 11) is 1.39. The van der Waals surface area contributed by atoms with Crippen LogP contribution in [0.1, 0.15) is 31.2 Å². The molecule has 1 aromatic rings. The quantitative estimate of drug-likeness (QED) is 0.108. The van der Waals surface area contributed by atoms with Gasteiger partial charge in [0.05, 0.1) is 13.0 Å². The molecule has 0 radical (unpaired) electrons. The number of primary amides is 2. The molecule has 0 saturated heterocycles. The molecule has 36 heavy (non-hydrogen) atoms. The summed E-state index contributed by atoms with van der Waals surface area (Å²) in [5, 5.41) is 7.59. The number of nitrogens with one attached hydrogen (secondary N) is 3. The van der Waals surface area contributed by atoms with E-state index in [2.05, 4.69) is 16.0 Å². The monoisotopic (exact) mass is 507 g/mol. The van der Waals surface area contributed by atoms with Gasteiger partial charge in [0.25, 0.3) is 0 Å². The average molecular weight is 508 g/mol. The SMILES string of the molecule is COC[C@H](N)C(=O)N[C@@H](Cc1ccccc1)C(=O)N[C@@H](CCCCN)C(=O)N[C@@H](CC(N)=O)C(N)=O. The number of unbranched alkanes of at least 4 members (excludes halogenated alkanes) is 1. The fourth-order valence-corrected chi connectivity index (χ4v) is 3.32. The first kappa shape index (κ1) is 30.5. The number of ether oxygens (including phenoxy) is 1. The van der Waals surface area contributed by atoms with Gasteiger partial charge in [0.1, 0.15) is 24.2 Å². The van der Waals surface area contributed by atoms with Crippen LogP contribution in [0.5, 0.6) is 0 Å². The van der Waals surface area contributed by atoms with Gasteiger partial charge in [-0.2, -0.15) is 0 Å². The highest BCUT2D eigenvalue weighted by Crippen LogP contribution is 2.07. The van der Waals surface area contributed by atoms with E-state index in [1.165, 1.54) is 7.11 Å². The second kappa shape index (κ2) is 16.2. The number of hydrogen-bond donors (Lipinski definition) is 7. The van der Waals surface area contributed by atoms with Gasteiger partial charge in [-0.25, -0.2) is 0 Å². The minimum absolute atomic E-state index is 0.0516. The third-order valence-electron chi connectivity index (χ3n) is 5.24. The van der Waals surface area contributed by atoms with Crippen molar-refractivity contribution in [3.8, 4) is 0 Å². The first-order valence-electron chi connectivity index (χ1n) is 11.6. The molecule has 0 aliphatic rings. The van der Waals surface area contributed by atoms with Gasteiger partial charge in [0.15, 0.2) is 0 Å². The molecule has 11 N–H and O–H groups in total. The molecule has 200 valence electrons. The molecule has 0 aliphatic carbocycles. The van der Waals surface area contributed by atoms with Gasteiger partial charge in [-0.05, 0) is 31.4 Å². The van der Waals surface area contributed by atoms with E-state index < -0.39 is 60.1 Å². The smallest absolute Gasteiger partial charge is 0.243 e. The van der Waals surface area contributed by atoms with Crippen LogP contribution in [0.3, 0.4) is 0 Å². The van der Waals surface area contributed by atoms with E-state index in [-0.39, 0.29) is 19.4 Å². The normalized spacial score (nSPS) is 14.1. The van der Waals surface area contributed by atoms with Crippen LogP contribution in [0.2, 0.25) is 0 Å². The van der Waals surface area contributed by atoms with Gasteiger partial charge in [-0.1, -0.05) is 30.3 Å². The summed E-state index contributed by atoms with van der Waals surface area (Å²) in [6.07, 6.45) is 0.887. The molecule has 13 heteroatoms. The van der Waals surface area contributed by atoms with Gasteiger partial charge >= 0.3 is 0 Å². The Morgan fingerprint density at radius 3 is 2.00 bits per heavy atom. The van der Waals surface area contributed by atoms with Crippen molar-refractivity contribution in [2.75, 3.05) is 20.3 Å². The molecule has 0 aromatic heterocycles. The lowest BCUT2D eigenvalue weighted by molar-refractivity contribution is -0.134. The Morgan fingerprint density at radius 2 is 1.44 bits per heavy atom. The van der Waals surface area contributed by atoms with Crippen molar-refractivity contribution in [3.05, 3.63) is 35.9 Å². The molecule has 0 spiro atoms. The molecular weight excluding hydrogens is 470 g/mol. The van der Waals surface area contributed by atoms with Crippen LogP contribution in [0.15, 0.2) is 30.3 Å². The zero-order chi connectivity index (χ0) is 27.1. The Kier molecular flexibility index (Phi) is 13.7. The lowest BCUT2D eigenvalue weighted by atomic mass is 10.0. The van der Waals surface area contributed by atoms with E-state index in [1.54, 1.807) is 24.3 Å². The molecule has 0 fully saturated rings. The zero-order valence-corrected chi connectivity index (χ0v) is 20.4. The van der Waals surface area contributed by atoms with Crippen molar-refractivity contribution in [2.45, 2.75) is 56.3 Å². The maximum Gasteiger partial charge on any atom is 0.243 e. The fourth-order valence-electron chi connectivity index (χ4n) is 3.32. The van der Waals surface area contributed by atoms with Crippen LogP contribution in [0.25, 0.3) is 0 Å². The summed E-state index contributed by atoms with van der Waals surface area (Å²) >= 11 is 0. The fraction of sp³-hybridized carbons (Fsp3) is 0.522. The van der Waals surface area contributed by atoms with Crippen LogP contribution >= 0.6 is 0 Å². The summed E-state index contributed by atoms with van der Waals surface area (Å²) in [5.41, 5.74) is 22.5. The molecule has 4 atom stereocenters. The maximum absolute atomic E-state index is 13.2. The third kappa shape index (κ3) is 11.3. The largest absolute Gasteiger partial charge is 0.383 e. The summed E-state index contributed by atoms with van der Waals surface area (Å²) in [5.74, 6) is -3.76. The number of amides is 5. The van der Waals surface area contributed by atoms with Gasteiger partial charge in [-0.3, -0.25) is 24.0 Å². The molecule has 1 rings (SSSR count). The van der Waals surface area contributed by atoms with E-state index >= 15 is 0 Å². The summed E-state index contributed by atoms with van der Waals surface area (Å²) in [4.78, 5) is 61.6. The lowest BCUT2D eigenvalue weighted by Gasteiger charge is -2.25. The van der Waals surface area contributed by atoms with Crippen LogP contribution in [-0.4, -0.2) is 74.0 Å². The average Bonchev–Trinajstić information content (AvgIpc) is 2.82. The number of rotatable bonds is 17. The van der Waals surface area contributed by atoms with E-state index in [9.17, 15) is 24.0 Å². The molecule has 5 amide bonds. The van der Waals surface area contributed by atoms with Crippen molar-refractivity contribution >= 4 is 29.5 Å². The molecule has 0 bridgehead atoms. The number of hydrogen-bond acceptors (Lipinski definition) is 8. The van der Waals surface area contributed by atoms with Gasteiger partial charge in [0, 0.05) is 13.5 Å². The Bertz CT molecular complexity index is 883. The number of carbonyl (C=O) groups excluding carboxylic acids is 5. The van der Waals surface area contributed by atoms with Gasteiger partial charge in [0.2, 0.25) is 29.5 Å². The molecular formula is C23H37N7O6. The maximum atomic E-state index is 13.2. The minimum Gasteiger partial charge on any atom is -0.383 e. The first-order valence-corrected chi connectivity index (χ1v) is 11.6. The summed E-state index contributed by atoms with van der Waals surface area (Å²) < 4.78 is 4.90. The molecule has 1 aromatic carbocycles. The number of methoxy groups -OCH3 is 1. The Morgan fingerprint density at radius 1 is 0.861 bits per heavy atom. The minimum atomic E-state index is -1.34. The van der Waals surface area contributed by atoms with E-state index in [4.69, 9.17) is 27.7 Å². The standard InChI is InChI=1S/C23H37N7O6/c1-36-13-15(25)21(33)30-18(11-14-7-3-2-4-8-14)23(35)28-16(9-5-6-10-24)22(34)29-17(20(27)32)12-19(26)31/h2-4,7-8,15-18H,5-6,9-13,24-25H2,1H3,(H2,26,31)(H2,27,32)(H,28,35)(H,29,34)(H,30,33)/t15-,16-,17-,18-/m0/s1. The topological polar surface area (TPSA) is 235 Å².